The van der Waals surface area contributed by atoms with E-state index in [1.165, 1.54) is 4.68 Å². The van der Waals surface area contributed by atoms with Crippen LogP contribution in [0.3, 0.4) is 0 Å². The maximum absolute atomic E-state index is 12.8. The molecule has 0 saturated carbocycles. The van der Waals surface area contributed by atoms with Crippen molar-refractivity contribution in [3.05, 3.63) is 75.7 Å². The van der Waals surface area contributed by atoms with Crippen molar-refractivity contribution in [2.75, 3.05) is 0 Å². The molecule has 0 fully saturated rings. The number of unbranched alkanes of at least 4 members (excludes halogenated alkanes) is 2. The Morgan fingerprint density at radius 1 is 0.935 bits per heavy atom. The SMILES string of the molecule is CCCCCn1nc(C(=O)NNC(=O)c2ccc(C(C)C)cc2)c2ccccc2c1=O. The molecule has 2 amide bonds. The van der Waals surface area contributed by atoms with Gasteiger partial charge in [-0.05, 0) is 36.1 Å². The smallest absolute Gasteiger partial charge is 0.267 e. The minimum absolute atomic E-state index is 0.0992. The molecule has 0 aliphatic rings. The number of rotatable bonds is 7. The lowest BCUT2D eigenvalue weighted by atomic mass is 10.0. The molecule has 7 nitrogen and oxygen atoms in total. The van der Waals surface area contributed by atoms with Gasteiger partial charge in [-0.1, -0.05) is 63.9 Å². The van der Waals surface area contributed by atoms with Gasteiger partial charge >= 0.3 is 0 Å². The van der Waals surface area contributed by atoms with Crippen molar-refractivity contribution in [3.63, 3.8) is 0 Å². The van der Waals surface area contributed by atoms with Crippen LogP contribution in [0.5, 0.6) is 0 Å². The maximum atomic E-state index is 12.8. The average Bonchev–Trinajstić information content (AvgIpc) is 2.79. The molecule has 0 aliphatic carbocycles. The van der Waals surface area contributed by atoms with E-state index in [1.54, 1.807) is 36.4 Å². The number of nitrogens with zero attached hydrogens (tertiary/aromatic N) is 2. The zero-order valence-electron chi connectivity index (χ0n) is 18.1. The number of carbonyl (C=O) groups excluding carboxylic acids is 2. The first-order valence-electron chi connectivity index (χ1n) is 10.6. The summed E-state index contributed by atoms with van der Waals surface area (Å²) in [4.78, 5) is 38.0. The lowest BCUT2D eigenvalue weighted by Gasteiger charge is -2.12. The summed E-state index contributed by atoms with van der Waals surface area (Å²) in [5, 5.41) is 5.17. The number of hydrogen-bond donors (Lipinski definition) is 2. The van der Waals surface area contributed by atoms with E-state index in [4.69, 9.17) is 0 Å². The van der Waals surface area contributed by atoms with Crippen LogP contribution in [-0.4, -0.2) is 21.6 Å². The molecule has 0 radical (unpaired) electrons. The van der Waals surface area contributed by atoms with Crippen molar-refractivity contribution in [1.29, 1.82) is 0 Å². The van der Waals surface area contributed by atoms with Gasteiger partial charge in [0.1, 0.15) is 0 Å². The van der Waals surface area contributed by atoms with E-state index < -0.39 is 11.8 Å². The van der Waals surface area contributed by atoms with E-state index in [1.807, 2.05) is 12.1 Å². The topological polar surface area (TPSA) is 93.1 Å². The van der Waals surface area contributed by atoms with E-state index in [0.717, 1.165) is 24.8 Å². The number of carbonyl (C=O) groups is 2. The van der Waals surface area contributed by atoms with Crippen molar-refractivity contribution in [3.8, 4) is 0 Å². The summed E-state index contributed by atoms with van der Waals surface area (Å²) in [5.41, 5.74) is 6.29. The van der Waals surface area contributed by atoms with Crippen molar-refractivity contribution in [2.45, 2.75) is 52.5 Å². The summed E-state index contributed by atoms with van der Waals surface area (Å²) in [6, 6.07) is 14.1. The fourth-order valence-corrected chi connectivity index (χ4v) is 3.33. The lowest BCUT2D eigenvalue weighted by Crippen LogP contribution is -2.42. The second kappa shape index (κ2) is 10.0. The van der Waals surface area contributed by atoms with Crippen LogP contribution < -0.4 is 16.4 Å². The monoisotopic (exact) mass is 420 g/mol. The van der Waals surface area contributed by atoms with Gasteiger partial charge in [0.05, 0.1) is 5.39 Å². The molecule has 2 N–H and O–H groups in total. The molecule has 1 heterocycles. The molecule has 1 aromatic heterocycles. The number of aryl methyl sites for hydroxylation is 1. The minimum atomic E-state index is -0.576. The Balaban J connectivity index is 1.80. The first-order valence-corrected chi connectivity index (χ1v) is 10.6. The van der Waals surface area contributed by atoms with Gasteiger partial charge in [-0.3, -0.25) is 25.2 Å². The van der Waals surface area contributed by atoms with Gasteiger partial charge < -0.3 is 0 Å². The number of benzene rings is 2. The summed E-state index contributed by atoms with van der Waals surface area (Å²) in [6.07, 6.45) is 2.78. The third kappa shape index (κ3) is 5.17. The highest BCUT2D eigenvalue weighted by atomic mass is 16.2. The Hall–Kier alpha value is -3.48. The molecule has 31 heavy (non-hydrogen) atoms. The molecule has 3 rings (SSSR count). The lowest BCUT2D eigenvalue weighted by molar-refractivity contribution is 0.0843. The first kappa shape index (κ1) is 22.2. The molecular formula is C24H28N4O3. The quantitative estimate of drug-likeness (QED) is 0.449. The predicted molar refractivity (Wildman–Crippen MR) is 121 cm³/mol. The van der Waals surface area contributed by atoms with Crippen molar-refractivity contribution >= 4 is 22.6 Å². The third-order valence-electron chi connectivity index (χ3n) is 5.19. The molecule has 0 unspecified atom stereocenters. The van der Waals surface area contributed by atoms with E-state index in [-0.39, 0.29) is 11.3 Å². The standard InChI is InChI=1S/C24H28N4O3/c1-4-5-8-15-28-24(31)20-10-7-6-9-19(20)21(27-28)23(30)26-25-22(29)18-13-11-17(12-14-18)16(2)3/h6-7,9-14,16H,4-5,8,15H2,1-3H3,(H,25,29)(H,26,30). The minimum Gasteiger partial charge on any atom is -0.267 e. The van der Waals surface area contributed by atoms with Gasteiger partial charge in [-0.25, -0.2) is 4.68 Å². The van der Waals surface area contributed by atoms with Gasteiger partial charge in [0.25, 0.3) is 17.4 Å². The van der Waals surface area contributed by atoms with E-state index >= 15 is 0 Å². The average molecular weight is 421 g/mol. The number of nitrogens with one attached hydrogen (secondary N) is 2. The molecule has 2 aromatic carbocycles. The second-order valence-electron chi connectivity index (χ2n) is 7.81. The first-order chi connectivity index (χ1) is 14.9. The number of hydrogen-bond acceptors (Lipinski definition) is 4. The van der Waals surface area contributed by atoms with Crippen LogP contribution in [0.4, 0.5) is 0 Å². The van der Waals surface area contributed by atoms with Crippen molar-refractivity contribution in [2.24, 2.45) is 0 Å². The summed E-state index contributed by atoms with van der Waals surface area (Å²) in [7, 11) is 0. The summed E-state index contributed by atoms with van der Waals surface area (Å²) in [6.45, 7) is 6.67. The Bertz CT molecular complexity index is 1130. The number of aromatic nitrogens is 2. The zero-order chi connectivity index (χ0) is 22.4. The van der Waals surface area contributed by atoms with E-state index in [0.29, 0.717) is 28.8 Å². The molecule has 0 spiro atoms. The molecule has 7 heteroatoms. The van der Waals surface area contributed by atoms with E-state index in [2.05, 4.69) is 36.7 Å². The fourth-order valence-electron chi connectivity index (χ4n) is 3.33. The van der Waals surface area contributed by atoms with Crippen LogP contribution in [0.1, 0.15) is 72.4 Å². The van der Waals surface area contributed by atoms with Crippen molar-refractivity contribution in [1.82, 2.24) is 20.6 Å². The molecule has 3 aromatic rings. The zero-order valence-corrected chi connectivity index (χ0v) is 18.1. The Morgan fingerprint density at radius 2 is 1.58 bits per heavy atom. The van der Waals surface area contributed by atoms with Crippen molar-refractivity contribution < 1.29 is 9.59 Å². The van der Waals surface area contributed by atoms with Crippen LogP contribution in [-0.2, 0) is 6.54 Å². The van der Waals surface area contributed by atoms with Gasteiger partial charge in [0, 0.05) is 17.5 Å². The third-order valence-corrected chi connectivity index (χ3v) is 5.19. The van der Waals surface area contributed by atoms with Crippen LogP contribution in [0, 0.1) is 0 Å². The Morgan fingerprint density at radius 3 is 2.23 bits per heavy atom. The summed E-state index contributed by atoms with van der Waals surface area (Å²) < 4.78 is 1.33. The summed E-state index contributed by atoms with van der Waals surface area (Å²) in [5.74, 6) is -0.638. The van der Waals surface area contributed by atoms with Gasteiger partial charge in [-0.15, -0.1) is 0 Å². The molecule has 162 valence electrons. The van der Waals surface area contributed by atoms with Gasteiger partial charge in [0.15, 0.2) is 5.69 Å². The van der Waals surface area contributed by atoms with Crippen LogP contribution in [0.25, 0.3) is 10.8 Å². The van der Waals surface area contributed by atoms with Crippen LogP contribution in [0.2, 0.25) is 0 Å². The highest BCUT2D eigenvalue weighted by molar-refractivity contribution is 6.06. The molecule has 0 atom stereocenters. The Labute approximate surface area is 181 Å². The highest BCUT2D eigenvalue weighted by Gasteiger charge is 2.17. The number of hydrazine groups is 1. The van der Waals surface area contributed by atoms with Crippen LogP contribution in [0.15, 0.2) is 53.3 Å². The second-order valence-corrected chi connectivity index (χ2v) is 7.81. The molecule has 0 bridgehead atoms. The van der Waals surface area contributed by atoms with Gasteiger partial charge in [0.2, 0.25) is 0 Å². The molecular weight excluding hydrogens is 392 g/mol. The predicted octanol–water partition coefficient (Wildman–Crippen LogP) is 3.78. The van der Waals surface area contributed by atoms with Crippen LogP contribution >= 0.6 is 0 Å². The van der Waals surface area contributed by atoms with Gasteiger partial charge in [-0.2, -0.15) is 5.10 Å². The highest BCUT2D eigenvalue weighted by Crippen LogP contribution is 2.15. The molecule has 0 aliphatic heterocycles. The normalized spacial score (nSPS) is 11.0. The maximum Gasteiger partial charge on any atom is 0.290 e. The largest absolute Gasteiger partial charge is 0.290 e. The van der Waals surface area contributed by atoms with E-state index in [9.17, 15) is 14.4 Å². The Kier molecular flexibility index (Phi) is 7.18. The summed E-state index contributed by atoms with van der Waals surface area (Å²) >= 11 is 0. The number of amides is 2. The fraction of sp³-hybridized carbons (Fsp3) is 0.333. The number of fused-ring (bicyclic) bond motifs is 1. The molecule has 0 saturated heterocycles.